The Morgan fingerprint density at radius 1 is 1.44 bits per heavy atom. The third-order valence-corrected chi connectivity index (χ3v) is 1.67. The molecule has 0 aliphatic heterocycles. The predicted octanol–water partition coefficient (Wildman–Crippen LogP) is 1.17. The number of nitrogens with zero attached hydrogens (tertiary/aromatic N) is 1. The van der Waals surface area contributed by atoms with Crippen LogP contribution in [0.2, 0.25) is 0 Å². The van der Waals surface area contributed by atoms with E-state index in [0.29, 0.717) is 0 Å². The number of urea groups is 1. The van der Waals surface area contributed by atoms with E-state index in [1.807, 2.05) is 5.43 Å². The summed E-state index contributed by atoms with van der Waals surface area (Å²) in [5, 5.41) is 3.37. The number of amides is 2. The highest BCUT2D eigenvalue weighted by atomic mass is 19.4. The Kier molecular flexibility index (Phi) is 3.97. The molecule has 98 valence electrons. The van der Waals surface area contributed by atoms with Gasteiger partial charge in [-0.05, 0) is 18.2 Å². The molecule has 0 aliphatic carbocycles. The zero-order chi connectivity index (χ0) is 13.8. The molecular weight excluding hydrogens is 253 g/mol. The lowest BCUT2D eigenvalue weighted by Gasteiger charge is -2.10. The van der Waals surface area contributed by atoms with E-state index in [-0.39, 0.29) is 11.3 Å². The van der Waals surface area contributed by atoms with Crippen LogP contribution in [0.1, 0.15) is 5.56 Å². The number of anilines is 1. The zero-order valence-electron chi connectivity index (χ0n) is 8.86. The van der Waals surface area contributed by atoms with Gasteiger partial charge in [-0.3, -0.25) is 0 Å². The molecule has 0 unspecified atom stereocenters. The Bertz CT molecular complexity index is 473. The highest BCUT2D eigenvalue weighted by Gasteiger charge is 2.31. The number of primary amides is 1. The Balaban J connectivity index is 2.88. The van der Waals surface area contributed by atoms with Crippen molar-refractivity contribution < 1.29 is 22.7 Å². The first kappa shape index (κ1) is 13.6. The highest BCUT2D eigenvalue weighted by Crippen LogP contribution is 2.25. The Morgan fingerprint density at radius 2 is 2.11 bits per heavy atom. The smallest absolute Gasteiger partial charge is 0.406 e. The van der Waals surface area contributed by atoms with E-state index < -0.39 is 18.1 Å². The number of alkyl halides is 3. The van der Waals surface area contributed by atoms with Crippen molar-refractivity contribution in [1.29, 1.82) is 0 Å². The molecule has 1 rings (SSSR count). The van der Waals surface area contributed by atoms with E-state index in [4.69, 9.17) is 11.5 Å². The maximum absolute atomic E-state index is 12.0. The molecule has 0 radical (unpaired) electrons. The summed E-state index contributed by atoms with van der Waals surface area (Å²) < 4.78 is 39.6. The lowest BCUT2D eigenvalue weighted by molar-refractivity contribution is -0.274. The van der Waals surface area contributed by atoms with E-state index in [2.05, 4.69) is 9.84 Å². The number of hydrogen-bond acceptors (Lipinski definition) is 4. The number of ether oxygens (including phenoxy) is 1. The van der Waals surface area contributed by atoms with Crippen molar-refractivity contribution in [2.45, 2.75) is 6.36 Å². The number of benzene rings is 1. The molecule has 0 saturated carbocycles. The fourth-order valence-corrected chi connectivity index (χ4v) is 1.03. The predicted molar refractivity (Wildman–Crippen MR) is 57.9 cm³/mol. The maximum atomic E-state index is 12.0. The minimum atomic E-state index is -4.80. The summed E-state index contributed by atoms with van der Waals surface area (Å²) in [5.41, 5.74) is 12.4. The summed E-state index contributed by atoms with van der Waals surface area (Å²) in [4.78, 5) is 10.3. The molecule has 9 heteroatoms. The second-order valence-corrected chi connectivity index (χ2v) is 3.07. The van der Waals surface area contributed by atoms with Gasteiger partial charge in [0.05, 0.1) is 6.21 Å². The van der Waals surface area contributed by atoms with Crippen molar-refractivity contribution in [3.63, 3.8) is 0 Å². The van der Waals surface area contributed by atoms with Gasteiger partial charge < -0.3 is 16.2 Å². The second-order valence-electron chi connectivity index (χ2n) is 3.07. The van der Waals surface area contributed by atoms with Crippen LogP contribution in [-0.2, 0) is 0 Å². The first-order valence-corrected chi connectivity index (χ1v) is 4.52. The summed E-state index contributed by atoms with van der Waals surface area (Å²) in [6.45, 7) is 0. The molecule has 5 N–H and O–H groups in total. The van der Waals surface area contributed by atoms with Gasteiger partial charge in [0.25, 0.3) is 0 Å². The topological polar surface area (TPSA) is 103 Å². The van der Waals surface area contributed by atoms with Crippen molar-refractivity contribution in [1.82, 2.24) is 5.43 Å². The third kappa shape index (κ3) is 4.60. The number of hydrazone groups is 1. The van der Waals surface area contributed by atoms with E-state index in [1.54, 1.807) is 0 Å². The van der Waals surface area contributed by atoms with Gasteiger partial charge in [-0.15, -0.1) is 13.2 Å². The minimum absolute atomic E-state index is 0.144. The molecular formula is C9H9F3N4O2. The van der Waals surface area contributed by atoms with Crippen LogP contribution in [0.15, 0.2) is 23.3 Å². The molecule has 0 aromatic heterocycles. The van der Waals surface area contributed by atoms with Gasteiger partial charge in [0, 0.05) is 11.3 Å². The molecule has 0 spiro atoms. The van der Waals surface area contributed by atoms with Gasteiger partial charge in [-0.25, -0.2) is 10.2 Å². The summed E-state index contributed by atoms with van der Waals surface area (Å²) in [5.74, 6) is -0.447. The first-order chi connectivity index (χ1) is 8.28. The van der Waals surface area contributed by atoms with Crippen LogP contribution in [0.3, 0.4) is 0 Å². The number of nitrogens with one attached hydrogen (secondary N) is 1. The Hall–Kier alpha value is -2.45. The number of hydrogen-bond donors (Lipinski definition) is 3. The van der Waals surface area contributed by atoms with Crippen LogP contribution >= 0.6 is 0 Å². The van der Waals surface area contributed by atoms with Gasteiger partial charge >= 0.3 is 12.4 Å². The van der Waals surface area contributed by atoms with Gasteiger partial charge in [0.2, 0.25) is 0 Å². The summed E-state index contributed by atoms with van der Waals surface area (Å²) in [6.07, 6.45) is -3.75. The van der Waals surface area contributed by atoms with Crippen molar-refractivity contribution in [2.24, 2.45) is 10.8 Å². The average molecular weight is 262 g/mol. The van der Waals surface area contributed by atoms with Crippen LogP contribution in [-0.4, -0.2) is 18.6 Å². The molecule has 0 atom stereocenters. The van der Waals surface area contributed by atoms with Gasteiger partial charge in [-0.2, -0.15) is 5.10 Å². The van der Waals surface area contributed by atoms with Crippen LogP contribution < -0.4 is 21.6 Å². The molecule has 0 saturated heterocycles. The molecule has 2 amide bonds. The first-order valence-electron chi connectivity index (χ1n) is 4.52. The quantitative estimate of drug-likeness (QED) is 0.432. The summed E-state index contributed by atoms with van der Waals surface area (Å²) in [6, 6.07) is 2.39. The average Bonchev–Trinajstić information content (AvgIpc) is 2.20. The molecule has 0 heterocycles. The van der Waals surface area contributed by atoms with E-state index >= 15 is 0 Å². The summed E-state index contributed by atoms with van der Waals surface area (Å²) >= 11 is 0. The zero-order valence-corrected chi connectivity index (χ0v) is 8.86. The highest BCUT2D eigenvalue weighted by molar-refractivity contribution is 5.88. The van der Waals surface area contributed by atoms with E-state index in [0.717, 1.165) is 18.3 Å². The lowest BCUT2D eigenvalue weighted by atomic mass is 10.2. The number of nitrogens with two attached hydrogens (primary N) is 2. The lowest BCUT2D eigenvalue weighted by Crippen LogP contribution is -2.24. The number of carbonyl (C=O) groups excluding carboxylic acids is 1. The number of nitrogen functional groups attached to an aromatic ring is 1. The van der Waals surface area contributed by atoms with E-state index in [1.165, 1.54) is 6.07 Å². The normalized spacial score (nSPS) is 11.5. The molecule has 1 aromatic rings. The molecule has 18 heavy (non-hydrogen) atoms. The summed E-state index contributed by atoms with van der Waals surface area (Å²) in [7, 11) is 0. The third-order valence-electron chi connectivity index (χ3n) is 1.67. The van der Waals surface area contributed by atoms with Gasteiger partial charge in [-0.1, -0.05) is 0 Å². The van der Waals surface area contributed by atoms with Crippen molar-refractivity contribution in [3.8, 4) is 5.75 Å². The molecule has 0 bridgehead atoms. The second kappa shape index (κ2) is 5.25. The molecule has 1 aromatic carbocycles. The van der Waals surface area contributed by atoms with Crippen molar-refractivity contribution in [3.05, 3.63) is 23.8 Å². The number of carbonyl (C=O) groups is 1. The molecule has 6 nitrogen and oxygen atoms in total. The molecule has 0 fully saturated rings. The Labute approximate surface area is 99.4 Å². The van der Waals surface area contributed by atoms with Crippen molar-refractivity contribution >= 4 is 17.9 Å². The van der Waals surface area contributed by atoms with Crippen LogP contribution in [0.25, 0.3) is 0 Å². The number of halogens is 3. The van der Waals surface area contributed by atoms with Crippen molar-refractivity contribution in [2.75, 3.05) is 5.73 Å². The largest absolute Gasteiger partial charge is 0.573 e. The van der Waals surface area contributed by atoms with Gasteiger partial charge in [0.15, 0.2) is 0 Å². The Morgan fingerprint density at radius 3 is 2.67 bits per heavy atom. The van der Waals surface area contributed by atoms with Crippen LogP contribution in [0.4, 0.5) is 23.7 Å². The standard InChI is InChI=1S/C9H9F3N4O2/c10-9(11,12)18-6-1-2-7(13)5(3-6)4-15-16-8(14)17/h1-4H,13H2,(H3,14,16,17). The monoisotopic (exact) mass is 262 g/mol. The van der Waals surface area contributed by atoms with Crippen LogP contribution in [0, 0.1) is 0 Å². The SMILES string of the molecule is NC(=O)NN=Cc1cc(OC(F)(F)F)ccc1N. The fourth-order valence-electron chi connectivity index (χ4n) is 1.03. The van der Waals surface area contributed by atoms with E-state index in [9.17, 15) is 18.0 Å². The molecule has 0 aliphatic rings. The number of rotatable bonds is 3. The van der Waals surface area contributed by atoms with Crippen LogP contribution in [0.5, 0.6) is 5.75 Å². The van der Waals surface area contributed by atoms with Gasteiger partial charge in [0.1, 0.15) is 5.75 Å². The fraction of sp³-hybridized carbons (Fsp3) is 0.111. The maximum Gasteiger partial charge on any atom is 0.573 e. The minimum Gasteiger partial charge on any atom is -0.406 e.